The van der Waals surface area contributed by atoms with E-state index in [1.165, 1.54) is 7.05 Å². The van der Waals surface area contributed by atoms with E-state index in [0.717, 1.165) is 10.8 Å². The summed E-state index contributed by atoms with van der Waals surface area (Å²) in [4.78, 5) is 50.6. The highest BCUT2D eigenvalue weighted by Crippen LogP contribution is 2.33. The summed E-state index contributed by atoms with van der Waals surface area (Å²) in [6.45, 7) is 0. The van der Waals surface area contributed by atoms with Gasteiger partial charge >= 0.3 is 11.9 Å². The lowest BCUT2D eigenvalue weighted by Crippen LogP contribution is -2.21. The van der Waals surface area contributed by atoms with E-state index in [4.69, 9.17) is 5.11 Å². The van der Waals surface area contributed by atoms with Crippen molar-refractivity contribution in [2.75, 3.05) is 7.05 Å². The van der Waals surface area contributed by atoms with Crippen LogP contribution in [0.15, 0.2) is 24.4 Å². The van der Waals surface area contributed by atoms with Crippen LogP contribution >= 0.6 is 0 Å². The number of carboxylic acid groups (broad SMARTS) is 2. The number of ketones is 1. The highest BCUT2D eigenvalue weighted by Gasteiger charge is 2.36. The van der Waals surface area contributed by atoms with Crippen molar-refractivity contribution in [2.45, 2.75) is 18.9 Å². The maximum absolute atomic E-state index is 12.8. The van der Waals surface area contributed by atoms with E-state index in [1.807, 2.05) is 0 Å². The first-order valence-corrected chi connectivity index (χ1v) is 7.74. The second-order valence-electron chi connectivity index (χ2n) is 5.84. The number of amides is 1. The van der Waals surface area contributed by atoms with Crippen LogP contribution < -0.4 is 5.32 Å². The second-order valence-corrected chi connectivity index (χ2v) is 5.84. The van der Waals surface area contributed by atoms with Crippen molar-refractivity contribution in [2.24, 2.45) is 0 Å². The molecule has 134 valence electrons. The summed E-state index contributed by atoms with van der Waals surface area (Å²) >= 11 is 0. The van der Waals surface area contributed by atoms with Crippen LogP contribution in [0.5, 0.6) is 0 Å². The Morgan fingerprint density at radius 3 is 2.62 bits per heavy atom. The van der Waals surface area contributed by atoms with Gasteiger partial charge in [-0.05, 0) is 11.1 Å². The fourth-order valence-electron chi connectivity index (χ4n) is 3.12. The van der Waals surface area contributed by atoms with Crippen molar-refractivity contribution >= 4 is 23.6 Å². The Balaban J connectivity index is 2.03. The predicted molar refractivity (Wildman–Crippen MR) is 87.4 cm³/mol. The molecule has 0 bridgehead atoms. The van der Waals surface area contributed by atoms with Crippen molar-refractivity contribution in [3.8, 4) is 0 Å². The van der Waals surface area contributed by atoms with E-state index in [-0.39, 0.29) is 24.5 Å². The smallest absolute Gasteiger partial charge is 0.372 e. The Morgan fingerprint density at radius 1 is 1.27 bits per heavy atom. The number of carbonyl (C=O) groups is 4. The summed E-state index contributed by atoms with van der Waals surface area (Å²) in [5.74, 6) is -3.87. The summed E-state index contributed by atoms with van der Waals surface area (Å²) in [7, 11) is 1.51. The number of benzene rings is 1. The number of hydrogen-bond acceptors (Lipinski definition) is 5. The van der Waals surface area contributed by atoms with Crippen molar-refractivity contribution in [1.29, 1.82) is 0 Å². The normalized spacial score (nSPS) is 15.6. The Morgan fingerprint density at radius 2 is 2.00 bits per heavy atom. The van der Waals surface area contributed by atoms with Crippen LogP contribution in [0.2, 0.25) is 0 Å². The largest absolute Gasteiger partial charge is 0.476 e. The molecule has 1 aliphatic rings. The molecule has 1 aromatic heterocycles. The van der Waals surface area contributed by atoms with E-state index < -0.39 is 29.5 Å². The number of likely N-dealkylation sites (N-methyl/N-ethyl adjacent to an activating group) is 1. The maximum Gasteiger partial charge on any atom is 0.372 e. The molecule has 1 amide bonds. The van der Waals surface area contributed by atoms with E-state index in [0.29, 0.717) is 16.7 Å². The van der Waals surface area contributed by atoms with Crippen LogP contribution in [0.25, 0.3) is 0 Å². The van der Waals surface area contributed by atoms with E-state index in [9.17, 15) is 24.3 Å². The summed E-state index contributed by atoms with van der Waals surface area (Å²) < 4.78 is 1.08. The SMILES string of the molecule is CNC(=O)Cc1cccc2c1CC(n1cc(C(=O)O)nc1C(=O)O)C2=O. The van der Waals surface area contributed by atoms with Crippen molar-refractivity contribution in [3.63, 3.8) is 0 Å². The molecule has 0 spiro atoms. The molecular formula is C17H15N3O6. The molecule has 26 heavy (non-hydrogen) atoms. The van der Waals surface area contributed by atoms with Gasteiger partial charge < -0.3 is 20.1 Å². The molecule has 0 saturated carbocycles. The molecule has 1 unspecified atom stereocenters. The number of Topliss-reactive ketones (excluding diaryl/α,β-unsaturated/α-hetero) is 1. The zero-order chi connectivity index (χ0) is 19.0. The number of hydrogen-bond donors (Lipinski definition) is 3. The number of aromatic carboxylic acids is 2. The highest BCUT2D eigenvalue weighted by molar-refractivity contribution is 6.04. The molecule has 9 nitrogen and oxygen atoms in total. The van der Waals surface area contributed by atoms with Crippen LogP contribution in [0, 0.1) is 0 Å². The number of carbonyl (C=O) groups excluding carboxylic acids is 2. The number of nitrogens with zero attached hydrogens (tertiary/aromatic N) is 2. The summed E-state index contributed by atoms with van der Waals surface area (Å²) in [5, 5.41) is 20.9. The minimum atomic E-state index is -1.42. The van der Waals surface area contributed by atoms with Crippen molar-refractivity contribution < 1.29 is 29.4 Å². The maximum atomic E-state index is 12.8. The van der Waals surface area contributed by atoms with Crippen LogP contribution in [-0.4, -0.2) is 50.4 Å². The van der Waals surface area contributed by atoms with Crippen molar-refractivity contribution in [1.82, 2.24) is 14.9 Å². The van der Waals surface area contributed by atoms with Gasteiger partial charge in [-0.2, -0.15) is 0 Å². The molecular weight excluding hydrogens is 342 g/mol. The number of fused-ring (bicyclic) bond motifs is 1. The van der Waals surface area contributed by atoms with Crippen LogP contribution in [-0.2, 0) is 17.6 Å². The lowest BCUT2D eigenvalue weighted by molar-refractivity contribution is -0.119. The zero-order valence-corrected chi connectivity index (χ0v) is 13.7. The lowest BCUT2D eigenvalue weighted by atomic mass is 10.0. The Labute approximate surface area is 147 Å². The fourth-order valence-corrected chi connectivity index (χ4v) is 3.12. The monoisotopic (exact) mass is 357 g/mol. The predicted octanol–water partition coefficient (Wildman–Crippen LogP) is 0.548. The number of imidazole rings is 1. The van der Waals surface area contributed by atoms with E-state index >= 15 is 0 Å². The molecule has 3 N–H and O–H groups in total. The quantitative estimate of drug-likeness (QED) is 0.710. The molecule has 0 radical (unpaired) electrons. The zero-order valence-electron chi connectivity index (χ0n) is 13.7. The van der Waals surface area contributed by atoms with Gasteiger partial charge in [0.05, 0.1) is 6.42 Å². The Bertz CT molecular complexity index is 946. The lowest BCUT2D eigenvalue weighted by Gasteiger charge is -2.11. The molecule has 0 fully saturated rings. The Kier molecular flexibility index (Phi) is 4.29. The molecule has 0 saturated heterocycles. The second kappa shape index (κ2) is 6.43. The van der Waals surface area contributed by atoms with Gasteiger partial charge in [0.15, 0.2) is 11.5 Å². The van der Waals surface area contributed by atoms with Gasteiger partial charge in [0.2, 0.25) is 11.7 Å². The molecule has 9 heteroatoms. The third-order valence-electron chi connectivity index (χ3n) is 4.35. The first kappa shape index (κ1) is 17.3. The first-order chi connectivity index (χ1) is 12.3. The van der Waals surface area contributed by atoms with Gasteiger partial charge in [0.25, 0.3) is 0 Å². The third-order valence-corrected chi connectivity index (χ3v) is 4.35. The first-order valence-electron chi connectivity index (χ1n) is 7.74. The standard InChI is InChI=1S/C17H15N3O6/c1-18-13(21)5-8-3-2-4-9-10(8)6-12(14(9)22)20-7-11(16(23)24)19-15(20)17(25)26/h2-4,7,12H,5-6H2,1H3,(H,18,21)(H,23,24)(H,25,26). The van der Waals surface area contributed by atoms with Gasteiger partial charge in [-0.3, -0.25) is 9.59 Å². The molecule has 2 aromatic rings. The number of nitrogens with one attached hydrogen (secondary N) is 1. The average molecular weight is 357 g/mol. The molecule has 1 aromatic carbocycles. The summed E-state index contributed by atoms with van der Waals surface area (Å²) in [6.07, 6.45) is 1.31. The van der Waals surface area contributed by atoms with Crippen molar-refractivity contribution in [3.05, 3.63) is 52.6 Å². The summed E-state index contributed by atoms with van der Waals surface area (Å²) in [5.41, 5.74) is 1.29. The summed E-state index contributed by atoms with van der Waals surface area (Å²) in [6, 6.07) is 4.09. The molecule has 3 rings (SSSR count). The van der Waals surface area contributed by atoms with E-state index in [1.54, 1.807) is 18.2 Å². The fraction of sp³-hybridized carbons (Fsp3) is 0.235. The van der Waals surface area contributed by atoms with Crippen LogP contribution in [0.3, 0.4) is 0 Å². The van der Waals surface area contributed by atoms with Gasteiger partial charge in [0.1, 0.15) is 6.04 Å². The molecule has 1 atom stereocenters. The van der Waals surface area contributed by atoms with Crippen LogP contribution in [0.4, 0.5) is 0 Å². The van der Waals surface area contributed by atoms with Gasteiger partial charge in [-0.15, -0.1) is 0 Å². The highest BCUT2D eigenvalue weighted by atomic mass is 16.4. The molecule has 1 heterocycles. The van der Waals surface area contributed by atoms with Gasteiger partial charge in [-0.1, -0.05) is 18.2 Å². The molecule has 1 aliphatic carbocycles. The van der Waals surface area contributed by atoms with Gasteiger partial charge in [0, 0.05) is 25.2 Å². The number of carboxylic acids is 2. The number of rotatable bonds is 5. The minimum Gasteiger partial charge on any atom is -0.476 e. The van der Waals surface area contributed by atoms with Crippen LogP contribution in [0.1, 0.15) is 48.6 Å². The number of aromatic nitrogens is 2. The average Bonchev–Trinajstić information content (AvgIpc) is 3.18. The topological polar surface area (TPSA) is 139 Å². The van der Waals surface area contributed by atoms with Gasteiger partial charge in [-0.25, -0.2) is 14.6 Å². The third kappa shape index (κ3) is 2.83. The minimum absolute atomic E-state index is 0.0930. The molecule has 0 aliphatic heterocycles. The van der Waals surface area contributed by atoms with E-state index in [2.05, 4.69) is 10.3 Å². The Hall–Kier alpha value is -3.49.